The monoisotopic (exact) mass is 250 g/mol. The first-order valence-electron chi connectivity index (χ1n) is 5.80. The van der Waals surface area contributed by atoms with Gasteiger partial charge in [-0.15, -0.1) is 12.4 Å². The van der Waals surface area contributed by atoms with Crippen molar-refractivity contribution in [1.82, 2.24) is 10.6 Å². The highest BCUT2D eigenvalue weighted by Crippen LogP contribution is 2.09. The van der Waals surface area contributed by atoms with Crippen molar-refractivity contribution in [3.05, 3.63) is 0 Å². The quantitative estimate of drug-likeness (QED) is 0.715. The van der Waals surface area contributed by atoms with Crippen LogP contribution in [0.5, 0.6) is 0 Å². The van der Waals surface area contributed by atoms with Gasteiger partial charge in [0.1, 0.15) is 0 Å². The molecule has 1 amide bonds. The number of nitrogens with one attached hydrogen (secondary N) is 2. The number of hydrogen-bond donors (Lipinski definition) is 2. The minimum Gasteiger partial charge on any atom is -0.377 e. The lowest BCUT2D eigenvalue weighted by Crippen LogP contribution is -2.41. The third-order valence-electron chi connectivity index (χ3n) is 2.52. The molecule has 0 bridgehead atoms. The van der Waals surface area contributed by atoms with Gasteiger partial charge in [-0.2, -0.15) is 0 Å². The number of hydrogen-bond acceptors (Lipinski definition) is 3. The van der Waals surface area contributed by atoms with Gasteiger partial charge in [0.2, 0.25) is 5.91 Å². The van der Waals surface area contributed by atoms with Crippen LogP contribution in [0, 0.1) is 5.92 Å². The second kappa shape index (κ2) is 8.79. The van der Waals surface area contributed by atoms with Crippen molar-refractivity contribution >= 4 is 18.3 Å². The Morgan fingerprint density at radius 3 is 2.88 bits per heavy atom. The molecule has 0 aromatic rings. The van der Waals surface area contributed by atoms with Gasteiger partial charge in [0, 0.05) is 13.1 Å². The van der Waals surface area contributed by atoms with Crippen molar-refractivity contribution in [1.29, 1.82) is 0 Å². The average Bonchev–Trinajstić information content (AvgIpc) is 2.25. The zero-order valence-electron chi connectivity index (χ0n) is 10.1. The second-order valence-corrected chi connectivity index (χ2v) is 4.25. The van der Waals surface area contributed by atoms with Gasteiger partial charge in [0.05, 0.1) is 18.6 Å². The fourth-order valence-corrected chi connectivity index (χ4v) is 1.69. The highest BCUT2D eigenvalue weighted by atomic mass is 35.5. The van der Waals surface area contributed by atoms with Crippen LogP contribution in [0.4, 0.5) is 0 Å². The molecule has 0 aliphatic carbocycles. The summed E-state index contributed by atoms with van der Waals surface area (Å²) in [7, 11) is 0. The smallest absolute Gasteiger partial charge is 0.224 e. The van der Waals surface area contributed by atoms with Gasteiger partial charge in [0.15, 0.2) is 0 Å². The summed E-state index contributed by atoms with van der Waals surface area (Å²) in [5.41, 5.74) is 0. The first-order chi connectivity index (χ1) is 7.20. The van der Waals surface area contributed by atoms with Crippen LogP contribution in [0.25, 0.3) is 0 Å². The summed E-state index contributed by atoms with van der Waals surface area (Å²) in [6.45, 7) is 7.06. The molecule has 1 atom stereocenters. The molecule has 96 valence electrons. The van der Waals surface area contributed by atoms with E-state index >= 15 is 0 Å². The number of amides is 1. The van der Waals surface area contributed by atoms with Gasteiger partial charge in [-0.3, -0.25) is 4.79 Å². The summed E-state index contributed by atoms with van der Waals surface area (Å²) in [6.07, 6.45) is 2.34. The molecule has 1 aliphatic rings. The molecule has 1 unspecified atom stereocenters. The lowest BCUT2D eigenvalue weighted by atomic mass is 9.99. The van der Waals surface area contributed by atoms with Crippen molar-refractivity contribution in [2.45, 2.75) is 32.8 Å². The van der Waals surface area contributed by atoms with Crippen LogP contribution < -0.4 is 10.6 Å². The Kier molecular flexibility index (Phi) is 8.61. The van der Waals surface area contributed by atoms with Crippen LogP contribution >= 0.6 is 12.4 Å². The Labute approximate surface area is 104 Å². The maximum atomic E-state index is 11.6. The molecule has 4 nitrogen and oxygen atoms in total. The summed E-state index contributed by atoms with van der Waals surface area (Å²) in [6, 6.07) is 0. The zero-order valence-corrected chi connectivity index (χ0v) is 10.9. The first-order valence-corrected chi connectivity index (χ1v) is 5.80. The molecule has 0 saturated carbocycles. The Bertz CT molecular complexity index is 194. The van der Waals surface area contributed by atoms with E-state index in [0.717, 1.165) is 25.9 Å². The van der Waals surface area contributed by atoms with E-state index in [-0.39, 0.29) is 30.3 Å². The number of piperidine rings is 1. The van der Waals surface area contributed by atoms with Gasteiger partial charge < -0.3 is 15.4 Å². The van der Waals surface area contributed by atoms with E-state index in [0.29, 0.717) is 13.2 Å². The number of halogens is 1. The lowest BCUT2D eigenvalue weighted by molar-refractivity contribution is -0.125. The maximum absolute atomic E-state index is 11.6. The molecule has 0 radical (unpaired) electrons. The summed E-state index contributed by atoms with van der Waals surface area (Å²) < 4.78 is 5.35. The average molecular weight is 251 g/mol. The van der Waals surface area contributed by atoms with Gasteiger partial charge in [-0.25, -0.2) is 0 Å². The molecule has 1 rings (SSSR count). The van der Waals surface area contributed by atoms with E-state index in [1.54, 1.807) is 0 Å². The molecular weight excluding hydrogens is 228 g/mol. The Balaban J connectivity index is 0.00000225. The number of rotatable bonds is 5. The highest BCUT2D eigenvalue weighted by Gasteiger charge is 2.19. The molecule has 0 aromatic carbocycles. The van der Waals surface area contributed by atoms with E-state index in [2.05, 4.69) is 10.6 Å². The van der Waals surface area contributed by atoms with E-state index in [4.69, 9.17) is 4.74 Å². The Hall–Kier alpha value is -0.320. The van der Waals surface area contributed by atoms with Crippen molar-refractivity contribution in [3.63, 3.8) is 0 Å². The van der Waals surface area contributed by atoms with Gasteiger partial charge in [-0.05, 0) is 33.2 Å². The number of carbonyl (C=O) groups is 1. The minimum atomic E-state index is 0. The van der Waals surface area contributed by atoms with Crippen LogP contribution in [0.2, 0.25) is 0 Å². The standard InChI is InChI=1S/C11H22N2O2.ClH/c1-9(2)15-7-6-13-11(14)10-4-3-5-12-8-10;/h9-10,12H,3-8H2,1-2H3,(H,13,14);1H. The normalized spacial score (nSPS) is 20.3. The molecular formula is C11H23ClN2O2. The maximum Gasteiger partial charge on any atom is 0.224 e. The van der Waals surface area contributed by atoms with Crippen LogP contribution in [-0.4, -0.2) is 38.3 Å². The number of carbonyl (C=O) groups excluding carboxylic acids is 1. The summed E-state index contributed by atoms with van der Waals surface area (Å²) in [5, 5.41) is 6.14. The van der Waals surface area contributed by atoms with Gasteiger partial charge >= 0.3 is 0 Å². The van der Waals surface area contributed by atoms with Crippen molar-refractivity contribution < 1.29 is 9.53 Å². The molecule has 1 heterocycles. The Morgan fingerprint density at radius 2 is 2.31 bits per heavy atom. The fourth-order valence-electron chi connectivity index (χ4n) is 1.69. The van der Waals surface area contributed by atoms with Crippen molar-refractivity contribution in [2.75, 3.05) is 26.2 Å². The molecule has 1 aliphatic heterocycles. The van der Waals surface area contributed by atoms with E-state index < -0.39 is 0 Å². The third-order valence-corrected chi connectivity index (χ3v) is 2.52. The summed E-state index contributed by atoms with van der Waals surface area (Å²) in [4.78, 5) is 11.6. The van der Waals surface area contributed by atoms with Crippen LogP contribution in [0.3, 0.4) is 0 Å². The summed E-state index contributed by atoms with van der Waals surface area (Å²) in [5.74, 6) is 0.312. The first kappa shape index (κ1) is 15.7. The van der Waals surface area contributed by atoms with Crippen LogP contribution in [0.1, 0.15) is 26.7 Å². The second-order valence-electron chi connectivity index (χ2n) is 4.25. The fraction of sp³-hybridized carbons (Fsp3) is 0.909. The molecule has 5 heteroatoms. The third kappa shape index (κ3) is 6.30. The Morgan fingerprint density at radius 1 is 1.56 bits per heavy atom. The minimum absolute atomic E-state index is 0. The van der Waals surface area contributed by atoms with Crippen LogP contribution in [-0.2, 0) is 9.53 Å². The predicted molar refractivity (Wildman–Crippen MR) is 66.9 cm³/mol. The van der Waals surface area contributed by atoms with E-state index in [1.165, 1.54) is 0 Å². The highest BCUT2D eigenvalue weighted by molar-refractivity contribution is 5.85. The topological polar surface area (TPSA) is 50.4 Å². The largest absolute Gasteiger partial charge is 0.377 e. The molecule has 16 heavy (non-hydrogen) atoms. The van der Waals surface area contributed by atoms with Crippen molar-refractivity contribution in [3.8, 4) is 0 Å². The van der Waals surface area contributed by atoms with Gasteiger partial charge in [-0.1, -0.05) is 0 Å². The predicted octanol–water partition coefficient (Wildman–Crippen LogP) is 0.949. The van der Waals surface area contributed by atoms with Gasteiger partial charge in [0.25, 0.3) is 0 Å². The van der Waals surface area contributed by atoms with E-state index in [9.17, 15) is 4.79 Å². The molecule has 0 aromatic heterocycles. The number of ether oxygens (including phenoxy) is 1. The molecule has 1 saturated heterocycles. The molecule has 2 N–H and O–H groups in total. The van der Waals surface area contributed by atoms with E-state index in [1.807, 2.05) is 13.8 Å². The zero-order chi connectivity index (χ0) is 11.1. The summed E-state index contributed by atoms with van der Waals surface area (Å²) >= 11 is 0. The van der Waals surface area contributed by atoms with Crippen molar-refractivity contribution in [2.24, 2.45) is 5.92 Å². The molecule has 1 fully saturated rings. The SMILES string of the molecule is CC(C)OCCNC(=O)C1CCCNC1.Cl. The van der Waals surface area contributed by atoms with Crippen LogP contribution in [0.15, 0.2) is 0 Å². The molecule has 0 spiro atoms. The lowest BCUT2D eigenvalue weighted by Gasteiger charge is -2.21.